The summed E-state index contributed by atoms with van der Waals surface area (Å²) in [5.41, 5.74) is 6.55. The van der Waals surface area contributed by atoms with Crippen LogP contribution in [0.5, 0.6) is 0 Å². The molecule has 2 fully saturated rings. The molecule has 0 radical (unpaired) electrons. The van der Waals surface area contributed by atoms with E-state index < -0.39 is 0 Å². The Morgan fingerprint density at radius 2 is 1.89 bits per heavy atom. The number of likely N-dealkylation sites (N-methyl/N-ethyl adjacent to an activating group) is 1. The maximum Gasteiger partial charge on any atom is 0.0359 e. The van der Waals surface area contributed by atoms with E-state index in [0.717, 1.165) is 24.3 Å². The van der Waals surface area contributed by atoms with E-state index in [0.29, 0.717) is 5.54 Å². The number of nitrogens with zero attached hydrogens (tertiary/aromatic N) is 1. The van der Waals surface area contributed by atoms with Gasteiger partial charge in [0.2, 0.25) is 0 Å². The van der Waals surface area contributed by atoms with E-state index >= 15 is 0 Å². The lowest BCUT2D eigenvalue weighted by Gasteiger charge is -2.53. The first-order valence-electron chi connectivity index (χ1n) is 8.09. The largest absolute Gasteiger partial charge is 0.329 e. The highest BCUT2D eigenvalue weighted by Gasteiger charge is 2.44. The third-order valence-corrected chi connectivity index (χ3v) is 6.04. The lowest BCUT2D eigenvalue weighted by molar-refractivity contribution is -0.0236. The van der Waals surface area contributed by atoms with Crippen LogP contribution in [0.1, 0.15) is 59.3 Å². The molecule has 2 N–H and O–H groups in total. The van der Waals surface area contributed by atoms with Crippen LogP contribution >= 0.6 is 0 Å². The van der Waals surface area contributed by atoms with Gasteiger partial charge in [0.25, 0.3) is 0 Å². The van der Waals surface area contributed by atoms with Crippen molar-refractivity contribution >= 4 is 0 Å². The van der Waals surface area contributed by atoms with Crippen molar-refractivity contribution in [3.63, 3.8) is 0 Å². The molecule has 0 saturated heterocycles. The third kappa shape index (κ3) is 2.46. The minimum absolute atomic E-state index is 0.294. The predicted octanol–water partition coefficient (Wildman–Crippen LogP) is 3.26. The van der Waals surface area contributed by atoms with E-state index in [1.807, 2.05) is 0 Å². The molecule has 0 amide bonds. The minimum Gasteiger partial charge on any atom is -0.329 e. The quantitative estimate of drug-likeness (QED) is 0.814. The highest BCUT2D eigenvalue weighted by Crippen LogP contribution is 2.42. The van der Waals surface area contributed by atoms with Gasteiger partial charge in [-0.25, -0.2) is 0 Å². The van der Waals surface area contributed by atoms with Gasteiger partial charge in [0.1, 0.15) is 0 Å². The molecule has 2 rings (SSSR count). The number of rotatable bonds is 5. The fourth-order valence-corrected chi connectivity index (χ4v) is 4.21. The van der Waals surface area contributed by atoms with Crippen LogP contribution in [0.2, 0.25) is 0 Å². The molecule has 2 aliphatic carbocycles. The number of hydrogen-bond acceptors (Lipinski definition) is 2. The summed E-state index contributed by atoms with van der Waals surface area (Å²) >= 11 is 0. The second-order valence-electron chi connectivity index (χ2n) is 6.80. The Kier molecular flexibility index (Phi) is 4.71. The molecule has 3 atom stereocenters. The normalized spacial score (nSPS) is 37.8. The Balaban J connectivity index is 2.11. The van der Waals surface area contributed by atoms with Gasteiger partial charge in [-0.2, -0.15) is 0 Å². The molecule has 2 saturated carbocycles. The van der Waals surface area contributed by atoms with Crippen molar-refractivity contribution in [2.75, 3.05) is 19.6 Å². The van der Waals surface area contributed by atoms with Crippen molar-refractivity contribution in [3.8, 4) is 0 Å². The molecule has 18 heavy (non-hydrogen) atoms. The fourth-order valence-electron chi connectivity index (χ4n) is 4.21. The second kappa shape index (κ2) is 5.92. The SMILES string of the molecule is CCN(CC1CCC1)C1(CN)CCCC(C)C1C. The molecule has 0 bridgehead atoms. The second-order valence-corrected chi connectivity index (χ2v) is 6.80. The van der Waals surface area contributed by atoms with Crippen LogP contribution in [0.3, 0.4) is 0 Å². The van der Waals surface area contributed by atoms with Gasteiger partial charge in [-0.15, -0.1) is 0 Å². The van der Waals surface area contributed by atoms with E-state index in [9.17, 15) is 0 Å². The van der Waals surface area contributed by atoms with Crippen molar-refractivity contribution in [2.24, 2.45) is 23.5 Å². The Bertz CT molecular complexity index is 262. The van der Waals surface area contributed by atoms with Gasteiger partial charge in [0.15, 0.2) is 0 Å². The molecule has 3 unspecified atom stereocenters. The number of hydrogen-bond donors (Lipinski definition) is 1. The summed E-state index contributed by atoms with van der Waals surface area (Å²) in [7, 11) is 0. The van der Waals surface area contributed by atoms with Crippen LogP contribution in [0, 0.1) is 17.8 Å². The molecular weight excluding hydrogens is 220 g/mol. The zero-order valence-corrected chi connectivity index (χ0v) is 12.6. The summed E-state index contributed by atoms with van der Waals surface area (Å²) in [5.74, 6) is 2.53. The van der Waals surface area contributed by atoms with Gasteiger partial charge in [-0.05, 0) is 43.6 Å². The highest BCUT2D eigenvalue weighted by molar-refractivity contribution is 5.00. The molecule has 0 heterocycles. The molecule has 2 nitrogen and oxygen atoms in total. The molecule has 0 aromatic carbocycles. The van der Waals surface area contributed by atoms with Crippen LogP contribution in [-0.2, 0) is 0 Å². The molecule has 106 valence electrons. The van der Waals surface area contributed by atoms with Gasteiger partial charge in [-0.3, -0.25) is 4.90 Å². The van der Waals surface area contributed by atoms with Crippen molar-refractivity contribution in [2.45, 2.75) is 64.8 Å². The van der Waals surface area contributed by atoms with Crippen molar-refractivity contribution in [3.05, 3.63) is 0 Å². The Hall–Kier alpha value is -0.0800. The average molecular weight is 252 g/mol. The highest BCUT2D eigenvalue weighted by atomic mass is 15.2. The van der Waals surface area contributed by atoms with E-state index in [1.54, 1.807) is 0 Å². The molecule has 0 aliphatic heterocycles. The summed E-state index contributed by atoms with van der Waals surface area (Å²) in [6.07, 6.45) is 8.41. The summed E-state index contributed by atoms with van der Waals surface area (Å²) < 4.78 is 0. The third-order valence-electron chi connectivity index (χ3n) is 6.04. The van der Waals surface area contributed by atoms with Gasteiger partial charge in [0.05, 0.1) is 0 Å². The molecule has 0 aromatic rings. The van der Waals surface area contributed by atoms with Crippen LogP contribution in [0.15, 0.2) is 0 Å². The molecular formula is C16H32N2. The van der Waals surface area contributed by atoms with E-state index in [-0.39, 0.29) is 0 Å². The smallest absolute Gasteiger partial charge is 0.0359 e. The topological polar surface area (TPSA) is 29.3 Å². The van der Waals surface area contributed by atoms with E-state index in [1.165, 1.54) is 51.6 Å². The summed E-state index contributed by atoms with van der Waals surface area (Å²) in [5, 5.41) is 0. The lowest BCUT2D eigenvalue weighted by atomic mass is 9.67. The minimum atomic E-state index is 0.294. The van der Waals surface area contributed by atoms with Crippen molar-refractivity contribution in [1.29, 1.82) is 0 Å². The Morgan fingerprint density at radius 3 is 2.39 bits per heavy atom. The van der Waals surface area contributed by atoms with Crippen molar-refractivity contribution in [1.82, 2.24) is 4.90 Å². The fraction of sp³-hybridized carbons (Fsp3) is 1.00. The zero-order chi connectivity index (χ0) is 13.2. The summed E-state index contributed by atoms with van der Waals surface area (Å²) in [6.45, 7) is 10.5. The zero-order valence-electron chi connectivity index (χ0n) is 12.6. The monoisotopic (exact) mass is 252 g/mol. The summed E-state index contributed by atoms with van der Waals surface area (Å²) in [6, 6.07) is 0. The van der Waals surface area contributed by atoms with E-state index in [4.69, 9.17) is 5.73 Å². The van der Waals surface area contributed by atoms with Gasteiger partial charge in [-0.1, -0.05) is 40.0 Å². The van der Waals surface area contributed by atoms with Crippen molar-refractivity contribution < 1.29 is 0 Å². The molecule has 0 aromatic heterocycles. The van der Waals surface area contributed by atoms with Crippen LogP contribution in [-0.4, -0.2) is 30.1 Å². The maximum atomic E-state index is 6.26. The Labute approximate surface area is 113 Å². The first-order chi connectivity index (χ1) is 8.64. The first kappa shape index (κ1) is 14.3. The van der Waals surface area contributed by atoms with Gasteiger partial charge in [0, 0.05) is 18.6 Å². The molecule has 2 aliphatic rings. The van der Waals surface area contributed by atoms with Crippen LogP contribution < -0.4 is 5.73 Å². The maximum absolute atomic E-state index is 6.26. The predicted molar refractivity (Wildman–Crippen MR) is 78.6 cm³/mol. The lowest BCUT2D eigenvalue weighted by Crippen LogP contribution is -2.62. The standard InChI is InChI=1S/C16H32N2/c1-4-18(11-15-8-5-9-15)16(12-17)10-6-7-13(2)14(16)3/h13-15H,4-12,17H2,1-3H3. The average Bonchev–Trinajstić information content (AvgIpc) is 2.33. The van der Waals surface area contributed by atoms with E-state index in [2.05, 4.69) is 25.7 Å². The molecule has 0 spiro atoms. The first-order valence-corrected chi connectivity index (χ1v) is 8.09. The summed E-state index contributed by atoms with van der Waals surface area (Å²) in [4.78, 5) is 2.75. The Morgan fingerprint density at radius 1 is 1.17 bits per heavy atom. The van der Waals surface area contributed by atoms with Gasteiger partial charge < -0.3 is 5.73 Å². The molecule has 2 heteroatoms. The van der Waals surface area contributed by atoms with Gasteiger partial charge >= 0.3 is 0 Å². The van der Waals surface area contributed by atoms with Crippen LogP contribution in [0.4, 0.5) is 0 Å². The number of nitrogens with two attached hydrogens (primary N) is 1. The van der Waals surface area contributed by atoms with Crippen LogP contribution in [0.25, 0.3) is 0 Å².